The summed E-state index contributed by atoms with van der Waals surface area (Å²) >= 11 is 0. The molecule has 1 heterocycles. The van der Waals surface area contributed by atoms with Crippen LogP contribution in [0.2, 0.25) is 0 Å². The van der Waals surface area contributed by atoms with Crippen LogP contribution in [-0.2, 0) is 20.0 Å². The number of hydrogen-bond donors (Lipinski definition) is 0. The van der Waals surface area contributed by atoms with Crippen molar-refractivity contribution < 1.29 is 19.0 Å². The minimum atomic E-state index is -0.102. The van der Waals surface area contributed by atoms with Gasteiger partial charge in [0.25, 0.3) is 5.91 Å². The van der Waals surface area contributed by atoms with Crippen LogP contribution < -0.4 is 14.2 Å². The Kier molecular flexibility index (Phi) is 5.11. The van der Waals surface area contributed by atoms with Crippen molar-refractivity contribution in [3.05, 3.63) is 58.8 Å². The number of methoxy groups -OCH3 is 3. The van der Waals surface area contributed by atoms with E-state index in [-0.39, 0.29) is 5.91 Å². The van der Waals surface area contributed by atoms with Gasteiger partial charge in [-0.2, -0.15) is 5.10 Å². The van der Waals surface area contributed by atoms with Crippen LogP contribution in [0.3, 0.4) is 0 Å². The van der Waals surface area contributed by atoms with Gasteiger partial charge in [0.05, 0.1) is 27.0 Å². The number of amides is 1. The lowest BCUT2D eigenvalue weighted by atomic mass is 10.1. The molecule has 0 N–H and O–H groups in total. The maximum Gasteiger partial charge on any atom is 0.274 e. The van der Waals surface area contributed by atoms with Gasteiger partial charge in [-0.1, -0.05) is 12.1 Å². The first kappa shape index (κ1) is 19.8. The predicted octanol–water partition coefficient (Wildman–Crippen LogP) is 3.29. The smallest absolute Gasteiger partial charge is 0.274 e. The third-order valence-electron chi connectivity index (χ3n) is 5.51. The van der Waals surface area contributed by atoms with Gasteiger partial charge in [-0.3, -0.25) is 9.48 Å². The van der Waals surface area contributed by atoms with E-state index in [9.17, 15) is 4.79 Å². The third kappa shape index (κ3) is 3.26. The van der Waals surface area contributed by atoms with Crippen LogP contribution in [0.25, 0.3) is 11.3 Å². The molecule has 0 unspecified atom stereocenters. The molecule has 0 saturated heterocycles. The first-order valence-electron chi connectivity index (χ1n) is 9.66. The largest absolute Gasteiger partial charge is 0.497 e. The summed E-state index contributed by atoms with van der Waals surface area (Å²) in [7, 11) is 8.53. The van der Waals surface area contributed by atoms with Gasteiger partial charge in [-0.15, -0.1) is 0 Å². The molecule has 3 aromatic rings. The van der Waals surface area contributed by atoms with Crippen LogP contribution in [0.4, 0.5) is 0 Å². The molecule has 0 saturated carbocycles. The van der Waals surface area contributed by atoms with Crippen LogP contribution in [0.1, 0.15) is 27.2 Å². The molecule has 0 aliphatic heterocycles. The fraction of sp³-hybridized carbons (Fsp3) is 0.304. The SMILES string of the molecule is COc1ccc(CN(C)C(=O)c2nn(C)c3c2Cc2cc(OC)c(OC)cc2-3)cc1. The molecule has 4 rings (SSSR count). The lowest BCUT2D eigenvalue weighted by Crippen LogP contribution is -2.27. The van der Waals surface area contributed by atoms with E-state index in [2.05, 4.69) is 5.10 Å². The number of ether oxygens (including phenoxy) is 3. The second kappa shape index (κ2) is 7.74. The standard InChI is InChI=1S/C23H25N3O4/c1-25(13-14-6-8-16(28-3)9-7-14)23(27)21-18-10-15-11-19(29-4)20(30-5)12-17(15)22(18)26(2)24-21/h6-9,11-12H,10,13H2,1-5H3. The van der Waals surface area contributed by atoms with Gasteiger partial charge >= 0.3 is 0 Å². The highest BCUT2D eigenvalue weighted by atomic mass is 16.5. The lowest BCUT2D eigenvalue weighted by Gasteiger charge is -2.17. The fourth-order valence-electron chi connectivity index (χ4n) is 3.98. The minimum Gasteiger partial charge on any atom is -0.497 e. The molecular formula is C23H25N3O4. The van der Waals surface area contributed by atoms with Gasteiger partial charge in [0.15, 0.2) is 17.2 Å². The monoisotopic (exact) mass is 407 g/mol. The van der Waals surface area contributed by atoms with E-state index in [0.717, 1.165) is 33.7 Å². The Bertz CT molecular complexity index is 1100. The zero-order chi connectivity index (χ0) is 21.4. The summed E-state index contributed by atoms with van der Waals surface area (Å²) in [4.78, 5) is 14.9. The Morgan fingerprint density at radius 3 is 2.37 bits per heavy atom. The zero-order valence-corrected chi connectivity index (χ0v) is 17.9. The number of nitrogens with zero attached hydrogens (tertiary/aromatic N) is 3. The number of hydrogen-bond acceptors (Lipinski definition) is 5. The van der Waals surface area contributed by atoms with E-state index in [4.69, 9.17) is 14.2 Å². The number of benzene rings is 2. The molecule has 0 radical (unpaired) electrons. The van der Waals surface area contributed by atoms with Crippen LogP contribution in [-0.4, -0.2) is 49.0 Å². The maximum absolute atomic E-state index is 13.2. The van der Waals surface area contributed by atoms with Gasteiger partial charge in [0.2, 0.25) is 0 Å². The van der Waals surface area contributed by atoms with E-state index in [1.807, 2.05) is 43.4 Å². The second-order valence-corrected chi connectivity index (χ2v) is 7.35. The van der Waals surface area contributed by atoms with Crippen molar-refractivity contribution in [1.29, 1.82) is 0 Å². The molecule has 1 aromatic heterocycles. The van der Waals surface area contributed by atoms with E-state index < -0.39 is 0 Å². The molecule has 156 valence electrons. The summed E-state index contributed by atoms with van der Waals surface area (Å²) in [5, 5.41) is 4.55. The molecule has 1 amide bonds. The molecule has 7 heteroatoms. The first-order valence-corrected chi connectivity index (χ1v) is 9.66. The van der Waals surface area contributed by atoms with Crippen molar-refractivity contribution in [2.24, 2.45) is 7.05 Å². The van der Waals surface area contributed by atoms with Gasteiger partial charge in [-0.05, 0) is 35.4 Å². The Labute approximate surface area is 175 Å². The van der Waals surface area contributed by atoms with Crippen molar-refractivity contribution in [3.8, 4) is 28.5 Å². The Morgan fingerprint density at radius 1 is 1.07 bits per heavy atom. The molecule has 0 spiro atoms. The number of rotatable bonds is 6. The van der Waals surface area contributed by atoms with Crippen LogP contribution in [0, 0.1) is 0 Å². The third-order valence-corrected chi connectivity index (χ3v) is 5.51. The Hall–Kier alpha value is -3.48. The zero-order valence-electron chi connectivity index (χ0n) is 17.9. The van der Waals surface area contributed by atoms with E-state index >= 15 is 0 Å². The topological polar surface area (TPSA) is 65.8 Å². The summed E-state index contributed by atoms with van der Waals surface area (Å²) in [5.74, 6) is 2.03. The average molecular weight is 407 g/mol. The van der Waals surface area contributed by atoms with Crippen LogP contribution in [0.15, 0.2) is 36.4 Å². The van der Waals surface area contributed by atoms with Gasteiger partial charge in [0, 0.05) is 38.2 Å². The normalized spacial score (nSPS) is 11.6. The molecule has 7 nitrogen and oxygen atoms in total. The van der Waals surface area contributed by atoms with Gasteiger partial charge in [0.1, 0.15) is 5.75 Å². The number of fused-ring (bicyclic) bond motifs is 3. The molecule has 30 heavy (non-hydrogen) atoms. The predicted molar refractivity (Wildman–Crippen MR) is 113 cm³/mol. The van der Waals surface area contributed by atoms with Crippen molar-refractivity contribution in [2.75, 3.05) is 28.4 Å². The van der Waals surface area contributed by atoms with Crippen LogP contribution >= 0.6 is 0 Å². The summed E-state index contributed by atoms with van der Waals surface area (Å²) in [5.41, 5.74) is 5.52. The quantitative estimate of drug-likeness (QED) is 0.491. The summed E-state index contributed by atoms with van der Waals surface area (Å²) in [6, 6.07) is 11.6. The highest BCUT2D eigenvalue weighted by Crippen LogP contribution is 2.43. The number of carbonyl (C=O) groups is 1. The molecule has 2 aromatic carbocycles. The molecule has 1 aliphatic carbocycles. The number of aromatic nitrogens is 2. The molecule has 0 atom stereocenters. The van der Waals surface area contributed by atoms with Crippen LogP contribution in [0.5, 0.6) is 17.2 Å². The van der Waals surface area contributed by atoms with E-state index in [1.165, 1.54) is 0 Å². The minimum absolute atomic E-state index is 0.102. The van der Waals surface area contributed by atoms with E-state index in [1.54, 1.807) is 38.0 Å². The van der Waals surface area contributed by atoms with Gasteiger partial charge < -0.3 is 19.1 Å². The first-order chi connectivity index (χ1) is 14.5. The molecule has 0 fully saturated rings. The molecule has 0 bridgehead atoms. The highest BCUT2D eigenvalue weighted by molar-refractivity contribution is 5.97. The second-order valence-electron chi connectivity index (χ2n) is 7.35. The maximum atomic E-state index is 13.2. The van der Waals surface area contributed by atoms with Gasteiger partial charge in [-0.25, -0.2) is 0 Å². The van der Waals surface area contributed by atoms with Crippen molar-refractivity contribution in [2.45, 2.75) is 13.0 Å². The van der Waals surface area contributed by atoms with Crippen molar-refractivity contribution >= 4 is 5.91 Å². The van der Waals surface area contributed by atoms with Crippen molar-refractivity contribution in [3.63, 3.8) is 0 Å². The van der Waals surface area contributed by atoms with E-state index in [0.29, 0.717) is 30.2 Å². The lowest BCUT2D eigenvalue weighted by molar-refractivity contribution is 0.0777. The molecular weight excluding hydrogens is 382 g/mol. The number of aryl methyl sites for hydroxylation is 1. The summed E-state index contributed by atoms with van der Waals surface area (Å²) < 4.78 is 17.9. The fourth-order valence-corrected chi connectivity index (χ4v) is 3.98. The molecule has 1 aliphatic rings. The highest BCUT2D eigenvalue weighted by Gasteiger charge is 2.32. The summed E-state index contributed by atoms with van der Waals surface area (Å²) in [6.07, 6.45) is 0.635. The average Bonchev–Trinajstić information content (AvgIpc) is 3.29. The van der Waals surface area contributed by atoms with Crippen molar-refractivity contribution in [1.82, 2.24) is 14.7 Å². The Balaban J connectivity index is 1.63. The Morgan fingerprint density at radius 2 is 1.73 bits per heavy atom. The summed E-state index contributed by atoms with van der Waals surface area (Å²) in [6.45, 7) is 0.489. The number of carbonyl (C=O) groups excluding carboxylic acids is 1.